The lowest BCUT2D eigenvalue weighted by molar-refractivity contribution is -0.142. The summed E-state index contributed by atoms with van der Waals surface area (Å²) in [4.78, 5) is 67.2. The number of piperidine rings is 2. The Balaban J connectivity index is 0.766. The molecule has 6 N–H and O–H groups in total. The number of aromatic amines is 1. The van der Waals surface area contributed by atoms with Crippen molar-refractivity contribution in [3.63, 3.8) is 0 Å². The standard InChI is InChI=1S/C51H62N12O6/c1-6-31-11-12-38(52-25-31)41(29-64)56-47(67)42-23-35(65)28-63(42)48(68)45(51(3,4)5)57-50(69)61-20-15-34(16-21-61)60-18-13-32(14-19-60)33-26-53-49(54-27-33)62-22-17-39-44(30(62)2)37-24-40(58-59-46(37)55-39)36-9-7-8-10-43(36)66/h1,7-12,24-27,30,32,34-35,41-42,45,64-66H,13-23,28-29H2,2-5H3,(H,55,59)(H,56,67)(H,57,69)/t30-,35-,41+,42+,45-/m1/s1. The number of para-hydroxylation sites is 1. The molecular weight excluding hydrogens is 877 g/mol. The van der Waals surface area contributed by atoms with Crippen LogP contribution in [0.5, 0.6) is 5.75 Å². The summed E-state index contributed by atoms with van der Waals surface area (Å²) in [7, 11) is 0. The van der Waals surface area contributed by atoms with Crippen molar-refractivity contribution in [2.24, 2.45) is 5.41 Å². The lowest BCUT2D eigenvalue weighted by atomic mass is 9.85. The Kier molecular flexibility index (Phi) is 13.6. The summed E-state index contributed by atoms with van der Waals surface area (Å²) in [6.45, 7) is 11.0. The molecule has 3 saturated heterocycles. The molecule has 69 heavy (non-hydrogen) atoms. The first-order chi connectivity index (χ1) is 33.2. The third-order valence-corrected chi connectivity index (χ3v) is 14.6. The van der Waals surface area contributed by atoms with Gasteiger partial charge in [0.05, 0.1) is 36.2 Å². The number of nitrogens with one attached hydrogen (secondary N) is 3. The molecule has 4 aromatic heterocycles. The minimum Gasteiger partial charge on any atom is -0.507 e. The molecule has 0 unspecified atom stereocenters. The first kappa shape index (κ1) is 47.4. The van der Waals surface area contributed by atoms with Crippen molar-refractivity contribution < 1.29 is 29.7 Å². The van der Waals surface area contributed by atoms with E-state index in [4.69, 9.17) is 16.4 Å². The quantitative estimate of drug-likeness (QED) is 0.108. The normalized spacial score (nSPS) is 21.4. The van der Waals surface area contributed by atoms with Crippen LogP contribution >= 0.6 is 0 Å². The van der Waals surface area contributed by atoms with E-state index in [1.165, 1.54) is 11.1 Å². The van der Waals surface area contributed by atoms with Crippen molar-refractivity contribution in [3.05, 3.63) is 89.1 Å². The van der Waals surface area contributed by atoms with Crippen molar-refractivity contribution in [3.8, 4) is 29.4 Å². The van der Waals surface area contributed by atoms with Gasteiger partial charge in [0, 0.05) is 91.4 Å². The summed E-state index contributed by atoms with van der Waals surface area (Å²) in [6.07, 6.45) is 14.4. The molecule has 362 valence electrons. The van der Waals surface area contributed by atoms with Gasteiger partial charge >= 0.3 is 6.03 Å². The van der Waals surface area contributed by atoms with Crippen LogP contribution in [0.2, 0.25) is 0 Å². The number of aromatic nitrogens is 6. The van der Waals surface area contributed by atoms with Gasteiger partial charge in [0.15, 0.2) is 5.65 Å². The van der Waals surface area contributed by atoms with Crippen LogP contribution in [0.1, 0.15) is 106 Å². The number of rotatable bonds is 10. The zero-order chi connectivity index (χ0) is 48.6. The molecule has 1 aromatic carbocycles. The van der Waals surface area contributed by atoms with Crippen LogP contribution in [0.15, 0.2) is 61.1 Å². The number of phenols is 1. The molecule has 4 aliphatic heterocycles. The number of phenolic OH excluding ortho intramolecular Hbond substituents is 1. The fraction of sp³-hybridized carbons (Fsp3) is 0.490. The molecule has 0 aliphatic carbocycles. The Bertz CT molecular complexity index is 2700. The minimum absolute atomic E-state index is 0.00784. The number of likely N-dealkylation sites (tertiary alicyclic amines) is 3. The highest BCUT2D eigenvalue weighted by molar-refractivity contribution is 5.93. The van der Waals surface area contributed by atoms with Crippen LogP contribution in [-0.2, 0) is 16.0 Å². The number of β-amino-alcohol motifs (C(OH)–C–C–N with tert-alkyl or cyclic N) is 1. The molecule has 0 radical (unpaired) electrons. The largest absolute Gasteiger partial charge is 0.507 e. The van der Waals surface area contributed by atoms with E-state index in [9.17, 15) is 29.7 Å². The summed E-state index contributed by atoms with van der Waals surface area (Å²) >= 11 is 0. The number of aliphatic hydroxyl groups excluding tert-OH is 2. The number of aliphatic hydroxyl groups is 2. The van der Waals surface area contributed by atoms with E-state index in [0.29, 0.717) is 53.5 Å². The molecule has 18 nitrogen and oxygen atoms in total. The van der Waals surface area contributed by atoms with E-state index in [1.807, 2.05) is 51.4 Å². The number of benzene rings is 1. The average Bonchev–Trinajstić information content (AvgIpc) is 3.95. The number of amides is 4. The number of aromatic hydroxyl groups is 1. The maximum atomic E-state index is 14.3. The maximum absolute atomic E-state index is 14.3. The smallest absolute Gasteiger partial charge is 0.318 e. The Labute approximate surface area is 401 Å². The van der Waals surface area contributed by atoms with Gasteiger partial charge in [-0.15, -0.1) is 16.6 Å². The number of terminal acetylenes is 1. The highest BCUT2D eigenvalue weighted by Gasteiger charge is 2.45. The first-order valence-electron chi connectivity index (χ1n) is 24.1. The Morgan fingerprint density at radius 1 is 0.942 bits per heavy atom. The molecule has 0 spiro atoms. The van der Waals surface area contributed by atoms with E-state index >= 15 is 0 Å². The van der Waals surface area contributed by atoms with Crippen molar-refractivity contribution in [1.29, 1.82) is 0 Å². The fourth-order valence-electron chi connectivity index (χ4n) is 10.6. The molecule has 8 heterocycles. The molecule has 0 bridgehead atoms. The van der Waals surface area contributed by atoms with Crippen LogP contribution in [0.4, 0.5) is 10.7 Å². The van der Waals surface area contributed by atoms with E-state index in [1.54, 1.807) is 29.2 Å². The lowest BCUT2D eigenvalue weighted by Gasteiger charge is -2.42. The van der Waals surface area contributed by atoms with Gasteiger partial charge in [0.1, 0.15) is 17.8 Å². The second-order valence-corrected chi connectivity index (χ2v) is 20.0. The van der Waals surface area contributed by atoms with E-state index in [0.717, 1.165) is 79.6 Å². The first-order valence-corrected chi connectivity index (χ1v) is 24.1. The number of anilines is 1. The van der Waals surface area contributed by atoms with Gasteiger partial charge in [-0.3, -0.25) is 14.6 Å². The predicted molar refractivity (Wildman–Crippen MR) is 259 cm³/mol. The Hall–Kier alpha value is -6.68. The Morgan fingerprint density at radius 3 is 2.35 bits per heavy atom. The molecule has 3 fully saturated rings. The molecule has 4 aliphatic rings. The van der Waals surface area contributed by atoms with E-state index < -0.39 is 48.1 Å². The van der Waals surface area contributed by atoms with Crippen LogP contribution < -0.4 is 15.5 Å². The van der Waals surface area contributed by atoms with Gasteiger partial charge in [0.2, 0.25) is 17.8 Å². The molecular formula is C51H62N12O6. The van der Waals surface area contributed by atoms with Crippen LogP contribution in [0, 0.1) is 17.8 Å². The van der Waals surface area contributed by atoms with Gasteiger partial charge in [0.25, 0.3) is 0 Å². The van der Waals surface area contributed by atoms with Crippen molar-refractivity contribution in [1.82, 2.24) is 55.5 Å². The molecule has 18 heteroatoms. The van der Waals surface area contributed by atoms with Crippen molar-refractivity contribution >= 4 is 34.8 Å². The number of fused-ring (bicyclic) bond motifs is 3. The van der Waals surface area contributed by atoms with Crippen molar-refractivity contribution in [2.45, 2.75) is 108 Å². The number of carbonyl (C=O) groups excluding carboxylic acids is 3. The van der Waals surface area contributed by atoms with Crippen LogP contribution in [0.25, 0.3) is 22.3 Å². The number of nitrogens with zero attached hydrogens (tertiary/aromatic N) is 9. The second kappa shape index (κ2) is 19.7. The maximum Gasteiger partial charge on any atom is 0.318 e. The lowest BCUT2D eigenvalue weighted by Crippen LogP contribution is -2.60. The second-order valence-electron chi connectivity index (χ2n) is 20.0. The summed E-state index contributed by atoms with van der Waals surface area (Å²) in [5.41, 5.74) is 5.64. The predicted octanol–water partition coefficient (Wildman–Crippen LogP) is 4.20. The molecule has 0 saturated carbocycles. The number of urea groups is 1. The highest BCUT2D eigenvalue weighted by atomic mass is 16.3. The SMILES string of the molecule is C#Cc1ccc([C@H](CO)NC(=O)[C@@H]2C[C@@H](O)CN2C(=O)[C@@H](NC(=O)N2CCC(N3CCC(c4cnc(N5CCc6[nH]c7nnc(-c8ccccc8O)cc7c6[C@H]5C)nc4)CC3)CC2)C(C)(C)C)nc1. The van der Waals surface area contributed by atoms with Gasteiger partial charge in [-0.1, -0.05) is 38.8 Å². The molecule has 4 amide bonds. The topological polar surface area (TPSA) is 229 Å². The van der Waals surface area contributed by atoms with Crippen LogP contribution in [0.3, 0.4) is 0 Å². The zero-order valence-electron chi connectivity index (χ0n) is 39.7. The molecule has 9 rings (SSSR count). The molecule has 5 aromatic rings. The van der Waals surface area contributed by atoms with Crippen LogP contribution in [-0.4, -0.2) is 148 Å². The van der Waals surface area contributed by atoms with E-state index in [2.05, 4.69) is 53.4 Å². The number of hydrogen-bond acceptors (Lipinski definition) is 13. The third-order valence-electron chi connectivity index (χ3n) is 14.6. The highest BCUT2D eigenvalue weighted by Crippen LogP contribution is 2.39. The zero-order valence-corrected chi connectivity index (χ0v) is 39.7. The van der Waals surface area contributed by atoms with Gasteiger partial charge in [-0.05, 0) is 92.9 Å². The number of hydrogen-bond donors (Lipinski definition) is 6. The molecule has 5 atom stereocenters. The number of H-pyrrole nitrogens is 1. The number of pyridine rings is 1. The van der Waals surface area contributed by atoms with E-state index in [-0.39, 0.29) is 30.8 Å². The summed E-state index contributed by atoms with van der Waals surface area (Å²) in [5.74, 6) is 2.70. The minimum atomic E-state index is -1.01. The monoisotopic (exact) mass is 938 g/mol. The summed E-state index contributed by atoms with van der Waals surface area (Å²) in [5, 5.41) is 46.9. The van der Waals surface area contributed by atoms with Gasteiger partial charge in [-0.2, -0.15) is 0 Å². The summed E-state index contributed by atoms with van der Waals surface area (Å²) in [6, 6.07) is 9.61. The van der Waals surface area contributed by atoms with Crippen molar-refractivity contribution in [2.75, 3.05) is 50.8 Å². The van der Waals surface area contributed by atoms with Gasteiger partial charge in [-0.25, -0.2) is 14.8 Å². The average molecular weight is 939 g/mol. The fourth-order valence-corrected chi connectivity index (χ4v) is 10.6. The Morgan fingerprint density at radius 2 is 1.68 bits per heavy atom. The third kappa shape index (κ3) is 9.81. The summed E-state index contributed by atoms with van der Waals surface area (Å²) < 4.78 is 0. The van der Waals surface area contributed by atoms with Gasteiger partial charge < -0.3 is 50.5 Å². The number of carbonyl (C=O) groups is 3.